The molecule has 0 aromatic heterocycles. The number of amides is 1. The maximum Gasteiger partial charge on any atom is 0.393 e. The SMILES string of the molecule is CC(Br)C(=O)N1CCCC(C(F)(F)F)C1. The summed E-state index contributed by atoms with van der Waals surface area (Å²) in [5.74, 6) is -1.62. The zero-order valence-corrected chi connectivity index (χ0v) is 9.94. The lowest BCUT2D eigenvalue weighted by Crippen LogP contribution is -2.46. The Morgan fingerprint density at radius 1 is 1.53 bits per heavy atom. The van der Waals surface area contributed by atoms with Crippen LogP contribution in [0.2, 0.25) is 0 Å². The summed E-state index contributed by atoms with van der Waals surface area (Å²) in [6.07, 6.45) is -3.63. The molecule has 0 bridgehead atoms. The Balaban J connectivity index is 2.60. The molecule has 15 heavy (non-hydrogen) atoms. The number of hydrogen-bond acceptors (Lipinski definition) is 1. The summed E-state index contributed by atoms with van der Waals surface area (Å²) >= 11 is 3.07. The predicted molar refractivity (Wildman–Crippen MR) is 53.7 cm³/mol. The van der Waals surface area contributed by atoms with Crippen LogP contribution in [0.5, 0.6) is 0 Å². The molecule has 88 valence electrons. The van der Waals surface area contributed by atoms with E-state index < -0.39 is 16.9 Å². The Morgan fingerprint density at radius 3 is 2.60 bits per heavy atom. The lowest BCUT2D eigenvalue weighted by molar-refractivity contribution is -0.187. The third-order valence-electron chi connectivity index (χ3n) is 2.54. The number of hydrogen-bond donors (Lipinski definition) is 0. The second kappa shape index (κ2) is 4.72. The first-order chi connectivity index (χ1) is 6.82. The highest BCUT2D eigenvalue weighted by molar-refractivity contribution is 9.10. The summed E-state index contributed by atoms with van der Waals surface area (Å²) in [6.45, 7) is 1.86. The van der Waals surface area contributed by atoms with Gasteiger partial charge in [-0.25, -0.2) is 0 Å². The molecule has 6 heteroatoms. The van der Waals surface area contributed by atoms with E-state index in [0.717, 1.165) is 0 Å². The molecule has 0 aromatic carbocycles. The van der Waals surface area contributed by atoms with E-state index >= 15 is 0 Å². The van der Waals surface area contributed by atoms with E-state index in [1.807, 2.05) is 0 Å². The summed E-state index contributed by atoms with van der Waals surface area (Å²) in [5.41, 5.74) is 0. The third kappa shape index (κ3) is 3.36. The summed E-state index contributed by atoms with van der Waals surface area (Å²) in [4.78, 5) is 12.4. The lowest BCUT2D eigenvalue weighted by atomic mass is 9.97. The molecule has 1 saturated heterocycles. The second-order valence-electron chi connectivity index (χ2n) is 3.78. The molecule has 1 amide bonds. The predicted octanol–water partition coefficient (Wildman–Crippen LogP) is 2.57. The average Bonchev–Trinajstić information content (AvgIpc) is 2.15. The molecule has 1 aliphatic rings. The van der Waals surface area contributed by atoms with Crippen molar-refractivity contribution in [2.45, 2.75) is 30.8 Å². The molecule has 1 heterocycles. The van der Waals surface area contributed by atoms with Crippen molar-refractivity contribution in [3.63, 3.8) is 0 Å². The van der Waals surface area contributed by atoms with Gasteiger partial charge in [0, 0.05) is 13.1 Å². The highest BCUT2D eigenvalue weighted by Gasteiger charge is 2.42. The second-order valence-corrected chi connectivity index (χ2v) is 5.15. The number of rotatable bonds is 1. The summed E-state index contributed by atoms with van der Waals surface area (Å²) in [5, 5.41) is 0. The van der Waals surface area contributed by atoms with Crippen molar-refractivity contribution in [1.82, 2.24) is 4.90 Å². The molecule has 0 N–H and O–H groups in total. The quantitative estimate of drug-likeness (QED) is 0.679. The van der Waals surface area contributed by atoms with Crippen LogP contribution in [-0.2, 0) is 4.79 Å². The molecule has 1 fully saturated rings. The maximum absolute atomic E-state index is 12.4. The van der Waals surface area contributed by atoms with Crippen molar-refractivity contribution >= 4 is 21.8 Å². The topological polar surface area (TPSA) is 20.3 Å². The van der Waals surface area contributed by atoms with Gasteiger partial charge in [-0.3, -0.25) is 4.79 Å². The maximum atomic E-state index is 12.4. The highest BCUT2D eigenvalue weighted by Crippen LogP contribution is 2.33. The molecule has 1 aliphatic heterocycles. The fourth-order valence-corrected chi connectivity index (χ4v) is 1.99. The Morgan fingerprint density at radius 2 is 2.13 bits per heavy atom. The molecule has 0 aromatic rings. The summed E-state index contributed by atoms with van der Waals surface area (Å²) in [7, 11) is 0. The van der Waals surface area contributed by atoms with Gasteiger partial charge < -0.3 is 4.90 Å². The van der Waals surface area contributed by atoms with E-state index in [1.54, 1.807) is 6.92 Å². The molecule has 1 rings (SSSR count). The largest absolute Gasteiger partial charge is 0.393 e. The van der Waals surface area contributed by atoms with E-state index in [1.165, 1.54) is 4.90 Å². The van der Waals surface area contributed by atoms with Gasteiger partial charge in [-0.15, -0.1) is 0 Å². The van der Waals surface area contributed by atoms with Crippen molar-refractivity contribution in [2.24, 2.45) is 5.92 Å². The van der Waals surface area contributed by atoms with Crippen LogP contribution in [-0.4, -0.2) is 34.9 Å². The van der Waals surface area contributed by atoms with Crippen LogP contribution in [0.4, 0.5) is 13.2 Å². The first kappa shape index (κ1) is 12.8. The zero-order valence-electron chi connectivity index (χ0n) is 8.35. The smallest absolute Gasteiger partial charge is 0.341 e. The Hall–Kier alpha value is -0.260. The van der Waals surface area contributed by atoms with Crippen molar-refractivity contribution in [3.05, 3.63) is 0 Å². The van der Waals surface area contributed by atoms with Gasteiger partial charge in [-0.2, -0.15) is 13.2 Å². The molecule has 2 unspecified atom stereocenters. The number of piperidine rings is 1. The molecular weight excluding hydrogens is 275 g/mol. The van der Waals surface area contributed by atoms with Gasteiger partial charge in [0.2, 0.25) is 5.91 Å². The van der Waals surface area contributed by atoms with Crippen LogP contribution in [0, 0.1) is 5.92 Å². The fourth-order valence-electron chi connectivity index (χ4n) is 1.70. The van der Waals surface area contributed by atoms with E-state index in [0.29, 0.717) is 13.0 Å². The molecule has 0 saturated carbocycles. The van der Waals surface area contributed by atoms with Crippen molar-refractivity contribution in [3.8, 4) is 0 Å². The van der Waals surface area contributed by atoms with Gasteiger partial charge in [-0.05, 0) is 19.8 Å². The first-order valence-corrected chi connectivity index (χ1v) is 5.73. The van der Waals surface area contributed by atoms with Gasteiger partial charge in [0.25, 0.3) is 0 Å². The van der Waals surface area contributed by atoms with Gasteiger partial charge in [0.15, 0.2) is 0 Å². The van der Waals surface area contributed by atoms with Gasteiger partial charge >= 0.3 is 6.18 Å². The third-order valence-corrected chi connectivity index (χ3v) is 2.93. The zero-order chi connectivity index (χ0) is 11.6. The van der Waals surface area contributed by atoms with Crippen molar-refractivity contribution < 1.29 is 18.0 Å². The summed E-state index contributed by atoms with van der Waals surface area (Å²) in [6, 6.07) is 0. The number of carbonyl (C=O) groups excluding carboxylic acids is 1. The molecule has 2 atom stereocenters. The van der Waals surface area contributed by atoms with Crippen LogP contribution in [0.25, 0.3) is 0 Å². The monoisotopic (exact) mass is 287 g/mol. The average molecular weight is 288 g/mol. The summed E-state index contributed by atoms with van der Waals surface area (Å²) < 4.78 is 37.3. The number of carbonyl (C=O) groups is 1. The highest BCUT2D eigenvalue weighted by atomic mass is 79.9. The molecule has 2 nitrogen and oxygen atoms in total. The normalized spacial score (nSPS) is 25.1. The van der Waals surface area contributed by atoms with E-state index in [4.69, 9.17) is 0 Å². The number of alkyl halides is 4. The van der Waals surface area contributed by atoms with E-state index in [2.05, 4.69) is 15.9 Å². The number of nitrogens with zero attached hydrogens (tertiary/aromatic N) is 1. The minimum Gasteiger partial charge on any atom is -0.341 e. The first-order valence-electron chi connectivity index (χ1n) is 4.82. The van der Waals surface area contributed by atoms with Crippen LogP contribution in [0.15, 0.2) is 0 Å². The van der Waals surface area contributed by atoms with Crippen LogP contribution < -0.4 is 0 Å². The molecule has 0 spiro atoms. The van der Waals surface area contributed by atoms with E-state index in [-0.39, 0.29) is 18.9 Å². The standard InChI is InChI=1S/C9H13BrF3NO/c1-6(10)8(15)14-4-2-3-7(5-14)9(11,12)13/h6-7H,2-5H2,1H3. The van der Waals surface area contributed by atoms with Gasteiger partial charge in [-0.1, -0.05) is 15.9 Å². The van der Waals surface area contributed by atoms with Crippen molar-refractivity contribution in [2.75, 3.05) is 13.1 Å². The fraction of sp³-hybridized carbons (Fsp3) is 0.889. The molecule has 0 aliphatic carbocycles. The number of halogens is 4. The van der Waals surface area contributed by atoms with Gasteiger partial charge in [0.05, 0.1) is 10.7 Å². The lowest BCUT2D eigenvalue weighted by Gasteiger charge is -2.34. The Labute approximate surface area is 94.9 Å². The molecule has 0 radical (unpaired) electrons. The Kier molecular flexibility index (Phi) is 4.03. The van der Waals surface area contributed by atoms with Crippen molar-refractivity contribution in [1.29, 1.82) is 0 Å². The van der Waals surface area contributed by atoms with Crippen LogP contribution in [0.1, 0.15) is 19.8 Å². The molecular formula is C9H13BrF3NO. The van der Waals surface area contributed by atoms with Crippen LogP contribution >= 0.6 is 15.9 Å². The minimum absolute atomic E-state index is 0.129. The van der Waals surface area contributed by atoms with Gasteiger partial charge in [0.1, 0.15) is 0 Å². The minimum atomic E-state index is -4.19. The Bertz CT molecular complexity index is 242. The van der Waals surface area contributed by atoms with Crippen LogP contribution in [0.3, 0.4) is 0 Å². The number of likely N-dealkylation sites (tertiary alicyclic amines) is 1. The van der Waals surface area contributed by atoms with E-state index in [9.17, 15) is 18.0 Å².